The fourth-order valence-electron chi connectivity index (χ4n) is 2.55. The molecule has 3 heteroatoms. The molecule has 86 valence electrons. The third kappa shape index (κ3) is 1.50. The molecule has 1 aromatic carbocycles. The first kappa shape index (κ1) is 10.3. The van der Waals surface area contributed by atoms with Crippen LogP contribution in [-0.4, -0.2) is 17.8 Å². The van der Waals surface area contributed by atoms with Gasteiger partial charge in [0.2, 0.25) is 0 Å². The lowest BCUT2D eigenvalue weighted by Gasteiger charge is -2.19. The first-order chi connectivity index (χ1) is 8.31. The van der Waals surface area contributed by atoms with E-state index in [-0.39, 0.29) is 5.78 Å². The molecule has 1 N–H and O–H groups in total. The normalized spacial score (nSPS) is 14.8. The van der Waals surface area contributed by atoms with Crippen LogP contribution in [-0.2, 0) is 6.42 Å². The number of aryl methyl sites for hydroxylation is 1. The summed E-state index contributed by atoms with van der Waals surface area (Å²) in [4.78, 5) is 16.6. The number of hydrogen-bond acceptors (Lipinski definition) is 3. The molecule has 3 rings (SSSR count). The molecule has 1 aromatic heterocycles. The van der Waals surface area contributed by atoms with Gasteiger partial charge < -0.3 is 5.32 Å². The van der Waals surface area contributed by atoms with Crippen LogP contribution in [0.15, 0.2) is 24.3 Å². The van der Waals surface area contributed by atoms with Gasteiger partial charge >= 0.3 is 0 Å². The van der Waals surface area contributed by atoms with Gasteiger partial charge in [0.25, 0.3) is 0 Å². The topological polar surface area (TPSA) is 42.0 Å². The molecule has 0 bridgehead atoms. The summed E-state index contributed by atoms with van der Waals surface area (Å²) >= 11 is 0. The smallest absolute Gasteiger partial charge is 0.166 e. The highest BCUT2D eigenvalue weighted by atomic mass is 16.1. The zero-order chi connectivity index (χ0) is 11.8. The molecule has 1 aliphatic rings. The number of para-hydroxylation sites is 1. The third-order valence-electron chi connectivity index (χ3n) is 3.31. The van der Waals surface area contributed by atoms with Crippen LogP contribution in [0.3, 0.4) is 0 Å². The number of Topliss-reactive ketones (excluding diaryl/α,β-unsaturated/α-hetero) is 1. The number of hydrogen-bond donors (Lipinski definition) is 1. The van der Waals surface area contributed by atoms with Gasteiger partial charge in [0.15, 0.2) is 5.78 Å². The number of fused-ring (bicyclic) bond motifs is 2. The van der Waals surface area contributed by atoms with Gasteiger partial charge in [0, 0.05) is 18.9 Å². The lowest BCUT2D eigenvalue weighted by atomic mass is 9.91. The molecule has 0 amide bonds. The fourth-order valence-corrected chi connectivity index (χ4v) is 2.55. The van der Waals surface area contributed by atoms with E-state index in [0.29, 0.717) is 6.42 Å². The molecule has 1 heterocycles. The number of carbonyl (C=O) groups excluding carboxylic acids is 1. The Bertz CT molecular complexity index is 604. The number of nitrogens with zero attached hydrogens (tertiary/aromatic N) is 1. The van der Waals surface area contributed by atoms with Crippen molar-refractivity contribution in [2.45, 2.75) is 19.3 Å². The molecule has 0 radical (unpaired) electrons. The Balaban J connectivity index is 2.40. The molecule has 0 spiro atoms. The predicted octanol–water partition coefficient (Wildman–Crippen LogP) is 2.80. The summed E-state index contributed by atoms with van der Waals surface area (Å²) in [6.45, 7) is 0. The fraction of sp³-hybridized carbons (Fsp3) is 0.286. The number of aromatic nitrogens is 1. The zero-order valence-electron chi connectivity index (χ0n) is 9.79. The van der Waals surface area contributed by atoms with Crippen LogP contribution in [0, 0.1) is 0 Å². The average Bonchev–Trinajstić information content (AvgIpc) is 2.36. The number of rotatable bonds is 1. The molecule has 17 heavy (non-hydrogen) atoms. The summed E-state index contributed by atoms with van der Waals surface area (Å²) < 4.78 is 0. The van der Waals surface area contributed by atoms with Gasteiger partial charge in [0.1, 0.15) is 0 Å². The Kier molecular flexibility index (Phi) is 2.32. The lowest BCUT2D eigenvalue weighted by Crippen LogP contribution is -2.15. The van der Waals surface area contributed by atoms with Gasteiger partial charge in [-0.05, 0) is 18.9 Å². The molecule has 0 unspecified atom stereocenters. The number of anilines is 1. The van der Waals surface area contributed by atoms with Crippen molar-refractivity contribution in [3.63, 3.8) is 0 Å². The van der Waals surface area contributed by atoms with Gasteiger partial charge in [0.05, 0.1) is 22.5 Å². The molecule has 3 nitrogen and oxygen atoms in total. The molecule has 0 saturated carbocycles. The summed E-state index contributed by atoms with van der Waals surface area (Å²) in [5, 5.41) is 4.20. The van der Waals surface area contributed by atoms with Gasteiger partial charge in [-0.2, -0.15) is 0 Å². The van der Waals surface area contributed by atoms with Crippen LogP contribution in [0.25, 0.3) is 10.9 Å². The Morgan fingerprint density at radius 2 is 2.06 bits per heavy atom. The Hall–Kier alpha value is -1.90. The Morgan fingerprint density at radius 3 is 2.88 bits per heavy atom. The van der Waals surface area contributed by atoms with Crippen molar-refractivity contribution >= 4 is 22.4 Å². The van der Waals surface area contributed by atoms with Gasteiger partial charge in [-0.15, -0.1) is 0 Å². The highest BCUT2D eigenvalue weighted by Gasteiger charge is 2.23. The highest BCUT2D eigenvalue weighted by Crippen LogP contribution is 2.32. The monoisotopic (exact) mass is 226 g/mol. The summed E-state index contributed by atoms with van der Waals surface area (Å²) in [6.07, 6.45) is 2.46. The highest BCUT2D eigenvalue weighted by molar-refractivity contribution is 6.09. The minimum absolute atomic E-state index is 0.217. The van der Waals surface area contributed by atoms with Crippen LogP contribution in [0.5, 0.6) is 0 Å². The molecule has 0 atom stereocenters. The lowest BCUT2D eigenvalue weighted by molar-refractivity contribution is 0.0972. The van der Waals surface area contributed by atoms with E-state index in [2.05, 4.69) is 10.3 Å². The standard InChI is InChI=1S/C14H14N2O/c1-15-14-9-5-2-3-6-10(9)16-11-7-4-8-12(17)13(11)14/h2-3,5-6H,4,7-8H2,1H3,(H,15,16). The molecule has 1 aliphatic carbocycles. The molecule has 2 aromatic rings. The van der Waals surface area contributed by atoms with Crippen molar-refractivity contribution in [2.75, 3.05) is 12.4 Å². The van der Waals surface area contributed by atoms with E-state index in [1.54, 1.807) is 0 Å². The maximum absolute atomic E-state index is 12.0. The number of ketones is 1. The largest absolute Gasteiger partial charge is 0.387 e. The summed E-state index contributed by atoms with van der Waals surface area (Å²) in [5.41, 5.74) is 3.65. The average molecular weight is 226 g/mol. The van der Waals surface area contributed by atoms with Crippen LogP contribution in [0.2, 0.25) is 0 Å². The van der Waals surface area contributed by atoms with E-state index >= 15 is 0 Å². The number of nitrogens with one attached hydrogen (secondary N) is 1. The first-order valence-corrected chi connectivity index (χ1v) is 5.94. The zero-order valence-corrected chi connectivity index (χ0v) is 9.79. The summed E-state index contributed by atoms with van der Waals surface area (Å²) in [7, 11) is 1.87. The van der Waals surface area contributed by atoms with Crippen molar-refractivity contribution in [1.29, 1.82) is 0 Å². The number of benzene rings is 1. The molecule has 0 aliphatic heterocycles. The predicted molar refractivity (Wildman–Crippen MR) is 68.6 cm³/mol. The van der Waals surface area contributed by atoms with Crippen LogP contribution in [0.4, 0.5) is 5.69 Å². The minimum Gasteiger partial charge on any atom is -0.387 e. The SMILES string of the molecule is CNc1c2c(nc3ccccc13)CCCC2=O. The van der Waals surface area contributed by atoms with Crippen LogP contribution in [0.1, 0.15) is 28.9 Å². The van der Waals surface area contributed by atoms with Crippen molar-refractivity contribution in [3.8, 4) is 0 Å². The van der Waals surface area contributed by atoms with Crippen molar-refractivity contribution in [2.24, 2.45) is 0 Å². The quantitative estimate of drug-likeness (QED) is 0.813. The molecular weight excluding hydrogens is 212 g/mol. The Labute approximate surface area is 99.9 Å². The summed E-state index contributed by atoms with van der Waals surface area (Å²) in [6, 6.07) is 7.96. The van der Waals surface area contributed by atoms with E-state index in [0.717, 1.165) is 40.7 Å². The molecule has 0 saturated heterocycles. The van der Waals surface area contributed by atoms with Crippen LogP contribution >= 0.6 is 0 Å². The summed E-state index contributed by atoms with van der Waals surface area (Å²) in [5.74, 6) is 0.217. The second kappa shape index (κ2) is 3.84. The van der Waals surface area contributed by atoms with E-state index in [9.17, 15) is 4.79 Å². The van der Waals surface area contributed by atoms with Crippen molar-refractivity contribution < 1.29 is 4.79 Å². The second-order valence-electron chi connectivity index (χ2n) is 4.35. The van der Waals surface area contributed by atoms with Crippen LogP contribution < -0.4 is 5.32 Å². The number of carbonyl (C=O) groups is 1. The second-order valence-corrected chi connectivity index (χ2v) is 4.35. The molecular formula is C14H14N2O. The van der Waals surface area contributed by atoms with Crippen molar-refractivity contribution in [3.05, 3.63) is 35.5 Å². The maximum Gasteiger partial charge on any atom is 0.166 e. The van der Waals surface area contributed by atoms with Gasteiger partial charge in [-0.3, -0.25) is 9.78 Å². The van der Waals surface area contributed by atoms with E-state index in [4.69, 9.17) is 0 Å². The van der Waals surface area contributed by atoms with E-state index in [1.165, 1.54) is 0 Å². The number of pyridine rings is 1. The maximum atomic E-state index is 12.0. The van der Waals surface area contributed by atoms with Crippen molar-refractivity contribution in [1.82, 2.24) is 4.98 Å². The van der Waals surface area contributed by atoms with Gasteiger partial charge in [-0.1, -0.05) is 18.2 Å². The minimum atomic E-state index is 0.217. The first-order valence-electron chi connectivity index (χ1n) is 5.94. The van der Waals surface area contributed by atoms with E-state index in [1.807, 2.05) is 31.3 Å². The third-order valence-corrected chi connectivity index (χ3v) is 3.31. The molecule has 0 fully saturated rings. The Morgan fingerprint density at radius 1 is 1.24 bits per heavy atom. The van der Waals surface area contributed by atoms with Gasteiger partial charge in [-0.25, -0.2) is 0 Å². The van der Waals surface area contributed by atoms with E-state index < -0.39 is 0 Å².